The van der Waals surface area contributed by atoms with E-state index >= 15 is 0 Å². The van der Waals surface area contributed by atoms with E-state index in [4.69, 9.17) is 4.74 Å². The molecule has 1 atom stereocenters. The second kappa shape index (κ2) is 6.04. The van der Waals surface area contributed by atoms with E-state index in [9.17, 15) is 4.79 Å². The maximum Gasteiger partial charge on any atom is 0.255 e. The summed E-state index contributed by atoms with van der Waals surface area (Å²) in [5.41, 5.74) is 2.19. The maximum atomic E-state index is 12.7. The predicted octanol–water partition coefficient (Wildman–Crippen LogP) is 2.26. The molecule has 3 heterocycles. The van der Waals surface area contributed by atoms with Crippen molar-refractivity contribution in [2.75, 3.05) is 20.3 Å². The van der Waals surface area contributed by atoms with E-state index in [1.807, 2.05) is 15.5 Å². The zero-order chi connectivity index (χ0) is 15.7. The molecule has 118 valence electrons. The number of nitrogens with zero attached hydrogens (tertiary/aromatic N) is 4. The molecule has 0 saturated carbocycles. The fourth-order valence-electron chi connectivity index (χ4n) is 3.05. The summed E-state index contributed by atoms with van der Waals surface area (Å²) >= 11 is 0. The molecular formula is C16H22N4O2. The first-order chi connectivity index (χ1) is 10.6. The molecule has 1 fully saturated rings. The van der Waals surface area contributed by atoms with Crippen molar-refractivity contribution >= 4 is 17.1 Å². The van der Waals surface area contributed by atoms with Crippen molar-refractivity contribution < 1.29 is 9.53 Å². The van der Waals surface area contributed by atoms with Gasteiger partial charge in [-0.3, -0.25) is 4.79 Å². The Morgan fingerprint density at radius 2 is 2.27 bits per heavy atom. The number of pyridine rings is 1. The molecule has 1 amide bonds. The van der Waals surface area contributed by atoms with Crippen molar-refractivity contribution in [2.24, 2.45) is 0 Å². The zero-order valence-electron chi connectivity index (χ0n) is 13.3. The lowest BCUT2D eigenvalue weighted by Crippen LogP contribution is -2.38. The largest absolute Gasteiger partial charge is 0.383 e. The molecule has 1 aliphatic heterocycles. The van der Waals surface area contributed by atoms with Gasteiger partial charge in [0.05, 0.1) is 24.5 Å². The van der Waals surface area contributed by atoms with Crippen LogP contribution in [0.5, 0.6) is 0 Å². The molecule has 0 bridgehead atoms. The van der Waals surface area contributed by atoms with Crippen LogP contribution in [0.15, 0.2) is 18.6 Å². The van der Waals surface area contributed by atoms with Gasteiger partial charge in [-0.25, -0.2) is 9.97 Å². The van der Waals surface area contributed by atoms with Crippen LogP contribution in [0.2, 0.25) is 0 Å². The van der Waals surface area contributed by atoms with Crippen LogP contribution in [0.4, 0.5) is 0 Å². The summed E-state index contributed by atoms with van der Waals surface area (Å²) in [7, 11) is 1.67. The van der Waals surface area contributed by atoms with Crippen molar-refractivity contribution in [1.29, 1.82) is 0 Å². The van der Waals surface area contributed by atoms with Gasteiger partial charge in [-0.15, -0.1) is 0 Å². The standard InChI is InChI=1S/C16H22N4O2/c1-11(2)20-10-18-14-7-12(8-17-15(14)20)16(21)19-6-4-5-13(19)9-22-3/h7-8,10-11,13H,4-6,9H2,1-3H3/t13-/m0/s1. The van der Waals surface area contributed by atoms with Crippen LogP contribution in [0.3, 0.4) is 0 Å². The van der Waals surface area contributed by atoms with Gasteiger partial charge in [-0.05, 0) is 32.8 Å². The quantitative estimate of drug-likeness (QED) is 0.869. The average molecular weight is 302 g/mol. The number of methoxy groups -OCH3 is 1. The minimum atomic E-state index is 0.0213. The van der Waals surface area contributed by atoms with Crippen LogP contribution < -0.4 is 0 Å². The van der Waals surface area contributed by atoms with E-state index < -0.39 is 0 Å². The Morgan fingerprint density at radius 3 is 3.00 bits per heavy atom. The minimum Gasteiger partial charge on any atom is -0.383 e. The monoisotopic (exact) mass is 302 g/mol. The van der Waals surface area contributed by atoms with Crippen molar-refractivity contribution in [2.45, 2.75) is 38.8 Å². The molecule has 1 aliphatic rings. The van der Waals surface area contributed by atoms with E-state index in [0.717, 1.165) is 30.6 Å². The normalized spacial score (nSPS) is 18.5. The van der Waals surface area contributed by atoms with Crippen LogP contribution in [-0.2, 0) is 4.74 Å². The molecule has 6 nitrogen and oxygen atoms in total. The molecule has 0 spiro atoms. The Kier molecular flexibility index (Phi) is 4.11. The fraction of sp³-hybridized carbons (Fsp3) is 0.562. The van der Waals surface area contributed by atoms with Gasteiger partial charge in [0.15, 0.2) is 5.65 Å². The van der Waals surface area contributed by atoms with Crippen molar-refractivity contribution in [3.8, 4) is 0 Å². The first-order valence-electron chi connectivity index (χ1n) is 7.74. The lowest BCUT2D eigenvalue weighted by Gasteiger charge is -2.24. The van der Waals surface area contributed by atoms with E-state index in [1.54, 1.807) is 19.6 Å². The summed E-state index contributed by atoms with van der Waals surface area (Å²) in [5, 5.41) is 0. The number of fused-ring (bicyclic) bond motifs is 1. The SMILES string of the molecule is COC[C@@H]1CCCN1C(=O)c1cnc2c(c1)ncn2C(C)C. The van der Waals surface area contributed by atoms with E-state index in [0.29, 0.717) is 18.2 Å². The molecule has 0 aromatic carbocycles. The Morgan fingerprint density at radius 1 is 1.45 bits per heavy atom. The van der Waals surface area contributed by atoms with Gasteiger partial charge >= 0.3 is 0 Å². The molecule has 2 aromatic heterocycles. The fourth-order valence-corrected chi connectivity index (χ4v) is 3.05. The van der Waals surface area contributed by atoms with Gasteiger partial charge in [0.1, 0.15) is 5.52 Å². The van der Waals surface area contributed by atoms with Crippen molar-refractivity contribution in [3.05, 3.63) is 24.2 Å². The third-order valence-corrected chi connectivity index (χ3v) is 4.21. The van der Waals surface area contributed by atoms with Crippen LogP contribution >= 0.6 is 0 Å². The highest BCUT2D eigenvalue weighted by molar-refractivity contribution is 5.96. The Labute approximate surface area is 130 Å². The Balaban J connectivity index is 1.88. The number of ether oxygens (including phenoxy) is 1. The molecule has 0 N–H and O–H groups in total. The summed E-state index contributed by atoms with van der Waals surface area (Å²) in [6.45, 7) is 5.54. The molecule has 2 aromatic rings. The smallest absolute Gasteiger partial charge is 0.255 e. The zero-order valence-corrected chi connectivity index (χ0v) is 13.3. The van der Waals surface area contributed by atoms with E-state index in [1.165, 1.54) is 0 Å². The van der Waals surface area contributed by atoms with Gasteiger partial charge in [-0.2, -0.15) is 0 Å². The number of likely N-dealkylation sites (tertiary alicyclic amines) is 1. The number of hydrogen-bond donors (Lipinski definition) is 0. The molecular weight excluding hydrogens is 280 g/mol. The number of carbonyl (C=O) groups excluding carboxylic acids is 1. The van der Waals surface area contributed by atoms with E-state index in [-0.39, 0.29) is 11.9 Å². The minimum absolute atomic E-state index is 0.0213. The van der Waals surface area contributed by atoms with Crippen LogP contribution in [0.25, 0.3) is 11.2 Å². The van der Waals surface area contributed by atoms with Crippen molar-refractivity contribution in [3.63, 3.8) is 0 Å². The van der Waals surface area contributed by atoms with Crippen LogP contribution in [-0.4, -0.2) is 51.6 Å². The topological polar surface area (TPSA) is 60.2 Å². The summed E-state index contributed by atoms with van der Waals surface area (Å²) in [4.78, 5) is 23.4. The summed E-state index contributed by atoms with van der Waals surface area (Å²) in [6, 6.07) is 2.30. The van der Waals surface area contributed by atoms with E-state index in [2.05, 4.69) is 23.8 Å². The number of carbonyl (C=O) groups is 1. The molecule has 0 aliphatic carbocycles. The number of amides is 1. The number of imidazole rings is 1. The summed E-state index contributed by atoms with van der Waals surface area (Å²) in [5.74, 6) is 0.0213. The first kappa shape index (κ1) is 15.0. The third kappa shape index (κ3) is 2.59. The van der Waals surface area contributed by atoms with Gasteiger partial charge in [0.25, 0.3) is 5.91 Å². The third-order valence-electron chi connectivity index (χ3n) is 4.21. The molecule has 1 saturated heterocycles. The Hall–Kier alpha value is -1.95. The maximum absolute atomic E-state index is 12.7. The Bertz CT molecular complexity index is 680. The molecule has 6 heteroatoms. The van der Waals surface area contributed by atoms with Crippen molar-refractivity contribution in [1.82, 2.24) is 19.4 Å². The number of hydrogen-bond acceptors (Lipinski definition) is 4. The molecule has 3 rings (SSSR count). The summed E-state index contributed by atoms with van der Waals surface area (Å²) < 4.78 is 7.22. The number of rotatable bonds is 4. The highest BCUT2D eigenvalue weighted by Crippen LogP contribution is 2.22. The lowest BCUT2D eigenvalue weighted by atomic mass is 10.2. The average Bonchev–Trinajstić information content (AvgIpc) is 3.12. The van der Waals surface area contributed by atoms with Gasteiger partial charge in [-0.1, -0.05) is 0 Å². The summed E-state index contributed by atoms with van der Waals surface area (Å²) in [6.07, 6.45) is 5.46. The second-order valence-electron chi connectivity index (χ2n) is 6.06. The van der Waals surface area contributed by atoms with Gasteiger partial charge in [0, 0.05) is 25.9 Å². The molecule has 0 radical (unpaired) electrons. The van der Waals surface area contributed by atoms with Gasteiger partial charge < -0.3 is 14.2 Å². The van der Waals surface area contributed by atoms with Gasteiger partial charge in [0.2, 0.25) is 0 Å². The van der Waals surface area contributed by atoms with Crippen LogP contribution in [0.1, 0.15) is 43.1 Å². The second-order valence-corrected chi connectivity index (χ2v) is 6.06. The first-order valence-corrected chi connectivity index (χ1v) is 7.74. The number of aromatic nitrogens is 3. The highest BCUT2D eigenvalue weighted by Gasteiger charge is 2.29. The van der Waals surface area contributed by atoms with Crippen LogP contribution in [0, 0.1) is 0 Å². The molecule has 22 heavy (non-hydrogen) atoms. The lowest BCUT2D eigenvalue weighted by molar-refractivity contribution is 0.0630. The predicted molar refractivity (Wildman–Crippen MR) is 83.8 cm³/mol. The highest BCUT2D eigenvalue weighted by atomic mass is 16.5. The molecule has 0 unspecified atom stereocenters.